The highest BCUT2D eigenvalue weighted by atomic mass is 32.2. The number of ketones is 1. The summed E-state index contributed by atoms with van der Waals surface area (Å²) in [5.41, 5.74) is 0.744. The number of carbonyl (C=O) groups excluding carboxylic acids is 1. The van der Waals surface area contributed by atoms with Crippen molar-refractivity contribution in [3.05, 3.63) is 58.9 Å². The topological polar surface area (TPSA) is 99.6 Å². The predicted molar refractivity (Wildman–Crippen MR) is 122 cm³/mol. The summed E-state index contributed by atoms with van der Waals surface area (Å²) in [6, 6.07) is 3.63. The standard InChI is InChI=1S/C23H25F2N3O4S/c1-2-11-33(31,32)27-20-6-4-18(24)21(22(20)25)23(30)16-3-5-19-17(16)12-14(13-26-19)28-9-7-15(29)8-10-28/h3-4,6,12-13,15,27,29H,2,5,7-11H2,1H3. The van der Waals surface area contributed by atoms with E-state index in [1.807, 2.05) is 4.90 Å². The van der Waals surface area contributed by atoms with Crippen molar-refractivity contribution in [3.8, 4) is 0 Å². The number of aliphatic hydroxyl groups is 1. The Bertz CT molecular complexity index is 1220. The Morgan fingerprint density at radius 1 is 1.27 bits per heavy atom. The molecule has 2 aromatic rings. The second-order valence-electron chi connectivity index (χ2n) is 8.26. The van der Waals surface area contributed by atoms with E-state index in [0.29, 0.717) is 50.0 Å². The summed E-state index contributed by atoms with van der Waals surface area (Å²) in [6.45, 7) is 2.93. The maximum Gasteiger partial charge on any atom is 0.232 e. The molecule has 2 heterocycles. The number of benzene rings is 1. The largest absolute Gasteiger partial charge is 0.393 e. The zero-order valence-electron chi connectivity index (χ0n) is 18.1. The molecule has 0 radical (unpaired) electrons. The summed E-state index contributed by atoms with van der Waals surface area (Å²) in [5, 5.41) is 9.73. The molecule has 1 aliphatic carbocycles. The molecule has 2 N–H and O–H groups in total. The molecule has 1 aliphatic heterocycles. The first-order valence-electron chi connectivity index (χ1n) is 10.9. The third-order valence-corrected chi connectivity index (χ3v) is 7.35. The van der Waals surface area contributed by atoms with Crippen molar-refractivity contribution >= 4 is 32.8 Å². The SMILES string of the molecule is CCCS(=O)(=O)Nc1ccc(F)c(C(=O)C2=CCc3ncc(N4CCC(O)CC4)cc32)c1F. The molecule has 10 heteroatoms. The van der Waals surface area contributed by atoms with E-state index in [0.717, 1.165) is 17.8 Å². The number of allylic oxidation sites excluding steroid dienone is 2. The number of pyridine rings is 1. The second kappa shape index (κ2) is 9.18. The number of aromatic nitrogens is 1. The summed E-state index contributed by atoms with van der Waals surface area (Å²) in [5.74, 6) is -3.41. The molecular formula is C23H25F2N3O4S. The molecule has 4 rings (SSSR count). The first-order chi connectivity index (χ1) is 15.7. The van der Waals surface area contributed by atoms with E-state index in [9.17, 15) is 22.7 Å². The Morgan fingerprint density at radius 2 is 2.00 bits per heavy atom. The maximum absolute atomic E-state index is 15.1. The number of nitrogens with one attached hydrogen (secondary N) is 1. The average Bonchev–Trinajstić information content (AvgIpc) is 3.19. The monoisotopic (exact) mass is 477 g/mol. The minimum absolute atomic E-state index is 0.128. The van der Waals surface area contributed by atoms with E-state index in [-0.39, 0.29) is 17.4 Å². The van der Waals surface area contributed by atoms with Crippen LogP contribution in [0.5, 0.6) is 0 Å². The van der Waals surface area contributed by atoms with Gasteiger partial charge >= 0.3 is 0 Å². The van der Waals surface area contributed by atoms with Crippen LogP contribution in [0.1, 0.15) is 47.8 Å². The van der Waals surface area contributed by atoms with Crippen LogP contribution in [0.2, 0.25) is 0 Å². The number of aliphatic hydroxyl groups excluding tert-OH is 1. The third kappa shape index (κ3) is 4.77. The number of sulfonamides is 1. The highest BCUT2D eigenvalue weighted by Crippen LogP contribution is 2.34. The van der Waals surface area contributed by atoms with Gasteiger partial charge in [0.05, 0.1) is 40.7 Å². The zero-order valence-corrected chi connectivity index (χ0v) is 19.0. The van der Waals surface area contributed by atoms with E-state index < -0.39 is 38.7 Å². The van der Waals surface area contributed by atoms with Crippen LogP contribution in [0.4, 0.5) is 20.2 Å². The van der Waals surface area contributed by atoms with Crippen LogP contribution in [0.15, 0.2) is 30.5 Å². The highest BCUT2D eigenvalue weighted by molar-refractivity contribution is 7.92. The number of fused-ring (bicyclic) bond motifs is 1. The highest BCUT2D eigenvalue weighted by Gasteiger charge is 2.30. The van der Waals surface area contributed by atoms with Gasteiger partial charge in [-0.1, -0.05) is 13.0 Å². The van der Waals surface area contributed by atoms with Crippen molar-refractivity contribution in [3.63, 3.8) is 0 Å². The van der Waals surface area contributed by atoms with Gasteiger partial charge in [-0.2, -0.15) is 0 Å². The van der Waals surface area contributed by atoms with Gasteiger partial charge in [-0.25, -0.2) is 17.2 Å². The molecule has 33 heavy (non-hydrogen) atoms. The number of piperidine rings is 1. The van der Waals surface area contributed by atoms with Crippen molar-refractivity contribution in [2.24, 2.45) is 0 Å². The van der Waals surface area contributed by atoms with Crippen LogP contribution in [0.3, 0.4) is 0 Å². The number of hydrogen-bond acceptors (Lipinski definition) is 6. The molecular weight excluding hydrogens is 452 g/mol. The molecule has 7 nitrogen and oxygen atoms in total. The molecule has 0 saturated carbocycles. The van der Waals surface area contributed by atoms with E-state index in [1.165, 1.54) is 0 Å². The van der Waals surface area contributed by atoms with Crippen LogP contribution in [-0.2, 0) is 16.4 Å². The Kier molecular flexibility index (Phi) is 6.49. The second-order valence-corrected chi connectivity index (χ2v) is 10.1. The summed E-state index contributed by atoms with van der Waals surface area (Å²) >= 11 is 0. The molecule has 0 bridgehead atoms. The average molecular weight is 478 g/mol. The van der Waals surface area contributed by atoms with Crippen LogP contribution in [-0.4, -0.2) is 49.2 Å². The van der Waals surface area contributed by atoms with Gasteiger partial charge in [0.25, 0.3) is 0 Å². The Balaban J connectivity index is 1.65. The van der Waals surface area contributed by atoms with E-state index in [2.05, 4.69) is 9.71 Å². The van der Waals surface area contributed by atoms with Gasteiger partial charge in [0.2, 0.25) is 10.0 Å². The predicted octanol–water partition coefficient (Wildman–Crippen LogP) is 3.30. The number of nitrogens with zero attached hydrogens (tertiary/aromatic N) is 2. The van der Waals surface area contributed by atoms with Crippen molar-refractivity contribution < 1.29 is 27.1 Å². The van der Waals surface area contributed by atoms with Gasteiger partial charge in [-0.15, -0.1) is 0 Å². The fraction of sp³-hybridized carbons (Fsp3) is 0.391. The van der Waals surface area contributed by atoms with Gasteiger partial charge in [0.1, 0.15) is 5.82 Å². The van der Waals surface area contributed by atoms with Crippen LogP contribution in [0, 0.1) is 11.6 Å². The molecule has 0 amide bonds. The molecule has 1 aromatic heterocycles. The summed E-state index contributed by atoms with van der Waals surface area (Å²) < 4.78 is 55.9. The van der Waals surface area contributed by atoms with E-state index in [1.54, 1.807) is 25.3 Å². The number of Topliss-reactive ketones (excluding diaryl/α,β-unsaturated/α-hetero) is 1. The molecule has 2 aliphatic rings. The lowest BCUT2D eigenvalue weighted by atomic mass is 9.97. The van der Waals surface area contributed by atoms with E-state index in [4.69, 9.17) is 0 Å². The molecule has 1 fully saturated rings. The van der Waals surface area contributed by atoms with Crippen molar-refractivity contribution in [1.29, 1.82) is 0 Å². The summed E-state index contributed by atoms with van der Waals surface area (Å²) in [6.07, 6.45) is 4.85. The lowest BCUT2D eigenvalue weighted by molar-refractivity contribution is 0.104. The normalized spacial score (nSPS) is 16.5. The Labute approximate surface area is 191 Å². The van der Waals surface area contributed by atoms with Gasteiger partial charge in [0, 0.05) is 30.6 Å². The molecule has 176 valence electrons. The minimum Gasteiger partial charge on any atom is -0.393 e. The van der Waals surface area contributed by atoms with Gasteiger partial charge in [0.15, 0.2) is 11.6 Å². The van der Waals surface area contributed by atoms with E-state index >= 15 is 4.39 Å². The first-order valence-corrected chi connectivity index (χ1v) is 12.5. The quantitative estimate of drug-likeness (QED) is 0.594. The van der Waals surface area contributed by atoms with Crippen molar-refractivity contribution in [2.75, 3.05) is 28.5 Å². The maximum atomic E-state index is 15.1. The molecule has 0 spiro atoms. The Hall–Kier alpha value is -2.85. The van der Waals surface area contributed by atoms with Crippen molar-refractivity contribution in [2.45, 2.75) is 38.7 Å². The zero-order chi connectivity index (χ0) is 23.8. The first kappa shape index (κ1) is 23.3. The minimum atomic E-state index is -3.82. The smallest absolute Gasteiger partial charge is 0.232 e. The third-order valence-electron chi connectivity index (χ3n) is 5.88. The van der Waals surface area contributed by atoms with Crippen LogP contribution < -0.4 is 9.62 Å². The summed E-state index contributed by atoms with van der Waals surface area (Å²) in [4.78, 5) is 19.7. The van der Waals surface area contributed by atoms with Crippen LogP contribution >= 0.6 is 0 Å². The molecule has 1 aromatic carbocycles. The van der Waals surface area contributed by atoms with Gasteiger partial charge < -0.3 is 10.0 Å². The number of hydrogen-bond donors (Lipinski definition) is 2. The van der Waals surface area contributed by atoms with Crippen LogP contribution in [0.25, 0.3) is 5.57 Å². The number of halogens is 2. The molecule has 0 unspecified atom stereocenters. The fourth-order valence-corrected chi connectivity index (χ4v) is 5.29. The Morgan fingerprint density at radius 3 is 2.70 bits per heavy atom. The lowest BCUT2D eigenvalue weighted by Crippen LogP contribution is -2.35. The number of carbonyl (C=O) groups is 1. The summed E-state index contributed by atoms with van der Waals surface area (Å²) in [7, 11) is -3.82. The fourth-order valence-electron chi connectivity index (χ4n) is 4.16. The molecule has 0 atom stereocenters. The van der Waals surface area contributed by atoms with Gasteiger partial charge in [-0.05, 0) is 37.5 Å². The number of rotatable bonds is 7. The van der Waals surface area contributed by atoms with Gasteiger partial charge in [-0.3, -0.25) is 14.5 Å². The lowest BCUT2D eigenvalue weighted by Gasteiger charge is -2.31. The van der Waals surface area contributed by atoms with Crippen molar-refractivity contribution in [1.82, 2.24) is 4.98 Å². The number of anilines is 2. The molecule has 1 saturated heterocycles.